The first kappa shape index (κ1) is 25.4. The molecule has 6 nitrogen and oxygen atoms in total. The molecule has 1 atom stereocenters. The van der Waals surface area contributed by atoms with Crippen molar-refractivity contribution < 1.29 is 9.47 Å². The topological polar surface area (TPSA) is 58.1 Å². The van der Waals surface area contributed by atoms with E-state index >= 15 is 0 Å². The molecule has 0 bridgehead atoms. The van der Waals surface area contributed by atoms with Crippen molar-refractivity contribution in [2.75, 3.05) is 59.7 Å². The zero-order valence-corrected chi connectivity index (χ0v) is 20.7. The van der Waals surface area contributed by atoms with Crippen LogP contribution in [0, 0.1) is 5.92 Å². The Kier molecular flexibility index (Phi) is 12.7. The molecule has 1 unspecified atom stereocenters. The second kappa shape index (κ2) is 15.0. The van der Waals surface area contributed by atoms with E-state index in [4.69, 9.17) is 9.47 Å². The first-order valence-electron chi connectivity index (χ1n) is 11.3. The molecule has 0 aliphatic carbocycles. The molecule has 0 radical (unpaired) electrons. The number of ether oxygens (including phenoxy) is 2. The highest BCUT2D eigenvalue weighted by molar-refractivity contribution is 14.0. The smallest absolute Gasteiger partial charge is 0.191 e. The van der Waals surface area contributed by atoms with Gasteiger partial charge in [-0.25, -0.2) is 0 Å². The Bertz CT molecular complexity index is 590. The molecule has 7 heteroatoms. The minimum Gasteiger partial charge on any atom is -0.381 e. The lowest BCUT2D eigenvalue weighted by atomic mass is 10.0. The van der Waals surface area contributed by atoms with E-state index in [1.165, 1.54) is 31.5 Å². The van der Waals surface area contributed by atoms with Crippen LogP contribution >= 0.6 is 24.0 Å². The van der Waals surface area contributed by atoms with Crippen molar-refractivity contribution in [2.45, 2.75) is 38.1 Å². The quantitative estimate of drug-likeness (QED) is 0.210. The van der Waals surface area contributed by atoms with Crippen molar-refractivity contribution in [3.63, 3.8) is 0 Å². The fourth-order valence-corrected chi connectivity index (χ4v) is 4.14. The van der Waals surface area contributed by atoms with Gasteiger partial charge >= 0.3 is 0 Å². The molecule has 0 amide bonds. The molecule has 2 heterocycles. The van der Waals surface area contributed by atoms with E-state index < -0.39 is 0 Å². The van der Waals surface area contributed by atoms with Crippen LogP contribution in [0.3, 0.4) is 0 Å². The van der Waals surface area contributed by atoms with Crippen LogP contribution in [-0.2, 0) is 9.47 Å². The molecule has 0 aromatic heterocycles. The summed E-state index contributed by atoms with van der Waals surface area (Å²) in [4.78, 5) is 6.98. The lowest BCUT2D eigenvalue weighted by molar-refractivity contribution is 0.0203. The number of nitrogens with zero attached hydrogens (tertiary/aromatic N) is 2. The largest absolute Gasteiger partial charge is 0.381 e. The third-order valence-corrected chi connectivity index (χ3v) is 5.90. The van der Waals surface area contributed by atoms with Crippen molar-refractivity contribution in [1.82, 2.24) is 15.5 Å². The van der Waals surface area contributed by atoms with Crippen LogP contribution in [-0.4, -0.2) is 70.5 Å². The molecule has 2 N–H and O–H groups in total. The minimum absolute atomic E-state index is 0. The van der Waals surface area contributed by atoms with Crippen molar-refractivity contribution in [2.24, 2.45) is 10.9 Å². The number of halogens is 1. The number of benzene rings is 1. The summed E-state index contributed by atoms with van der Waals surface area (Å²) in [6.45, 7) is 7.53. The molecule has 2 saturated heterocycles. The maximum Gasteiger partial charge on any atom is 0.191 e. The SMILES string of the molecule is CN=C(NCCCOCC1CCOCC1)NCC(c1ccccc1)N1CCCC1.I. The first-order valence-corrected chi connectivity index (χ1v) is 11.3. The van der Waals surface area contributed by atoms with E-state index in [0.717, 1.165) is 64.7 Å². The Morgan fingerprint density at radius 3 is 2.60 bits per heavy atom. The highest BCUT2D eigenvalue weighted by Crippen LogP contribution is 2.24. The summed E-state index contributed by atoms with van der Waals surface area (Å²) in [5.74, 6) is 1.54. The van der Waals surface area contributed by atoms with Gasteiger partial charge in [-0.2, -0.15) is 0 Å². The lowest BCUT2D eigenvalue weighted by Gasteiger charge is -2.29. The number of aliphatic imine (C=N–C) groups is 1. The third kappa shape index (κ3) is 8.69. The molecule has 3 rings (SSSR count). The molecular weight excluding hydrogens is 491 g/mol. The average Bonchev–Trinajstić information content (AvgIpc) is 3.31. The zero-order valence-electron chi connectivity index (χ0n) is 18.4. The number of hydrogen-bond acceptors (Lipinski definition) is 4. The molecule has 0 spiro atoms. The fraction of sp³-hybridized carbons (Fsp3) is 0.696. The molecule has 1 aromatic rings. The number of nitrogens with one attached hydrogen (secondary N) is 2. The predicted molar refractivity (Wildman–Crippen MR) is 134 cm³/mol. The standard InChI is InChI=1S/C23H38N4O2.HI/c1-24-23(25-12-7-15-29-19-20-10-16-28-17-11-20)26-18-22(27-13-5-6-14-27)21-8-3-2-4-9-21;/h2-4,8-9,20,22H,5-7,10-19H2,1H3,(H2,24,25,26);1H. The van der Waals surface area contributed by atoms with Gasteiger partial charge in [-0.05, 0) is 56.7 Å². The Labute approximate surface area is 199 Å². The van der Waals surface area contributed by atoms with E-state index in [1.54, 1.807) is 0 Å². The fourth-order valence-electron chi connectivity index (χ4n) is 4.14. The summed E-state index contributed by atoms with van der Waals surface area (Å²) >= 11 is 0. The van der Waals surface area contributed by atoms with Crippen LogP contribution in [0.25, 0.3) is 0 Å². The molecule has 2 fully saturated rings. The summed E-state index contributed by atoms with van der Waals surface area (Å²) in [7, 11) is 1.84. The second-order valence-electron chi connectivity index (χ2n) is 8.03. The molecule has 2 aliphatic rings. The number of guanidine groups is 1. The van der Waals surface area contributed by atoms with Gasteiger partial charge in [0.05, 0.1) is 6.04 Å². The number of hydrogen-bond donors (Lipinski definition) is 2. The number of rotatable bonds is 10. The van der Waals surface area contributed by atoms with Gasteiger partial charge in [0.25, 0.3) is 0 Å². The maximum absolute atomic E-state index is 5.85. The summed E-state index contributed by atoms with van der Waals surface area (Å²) in [5, 5.41) is 6.96. The van der Waals surface area contributed by atoms with Crippen LogP contribution < -0.4 is 10.6 Å². The van der Waals surface area contributed by atoms with Gasteiger partial charge in [0, 0.05) is 46.6 Å². The minimum atomic E-state index is 0. The van der Waals surface area contributed by atoms with Crippen LogP contribution in [0.15, 0.2) is 35.3 Å². The predicted octanol–water partition coefficient (Wildman–Crippen LogP) is 3.44. The van der Waals surface area contributed by atoms with Crippen LogP contribution in [0.5, 0.6) is 0 Å². The summed E-state index contributed by atoms with van der Waals surface area (Å²) in [6, 6.07) is 11.2. The Morgan fingerprint density at radius 2 is 1.90 bits per heavy atom. The van der Waals surface area contributed by atoms with Gasteiger partial charge in [-0.3, -0.25) is 9.89 Å². The molecule has 0 saturated carbocycles. The monoisotopic (exact) mass is 530 g/mol. The molecule has 170 valence electrons. The maximum atomic E-state index is 5.85. The summed E-state index contributed by atoms with van der Waals surface area (Å²) < 4.78 is 11.2. The lowest BCUT2D eigenvalue weighted by Crippen LogP contribution is -2.43. The third-order valence-electron chi connectivity index (χ3n) is 5.90. The van der Waals surface area contributed by atoms with Gasteiger partial charge in [0.1, 0.15) is 0 Å². The van der Waals surface area contributed by atoms with E-state index in [-0.39, 0.29) is 24.0 Å². The summed E-state index contributed by atoms with van der Waals surface area (Å²) in [6.07, 6.45) is 5.84. The van der Waals surface area contributed by atoms with Gasteiger partial charge < -0.3 is 20.1 Å². The van der Waals surface area contributed by atoms with Gasteiger partial charge in [0.2, 0.25) is 0 Å². The normalized spacial score (nSPS) is 19.3. The van der Waals surface area contributed by atoms with E-state index in [1.807, 2.05) is 7.05 Å². The van der Waals surface area contributed by atoms with Crippen LogP contribution in [0.4, 0.5) is 0 Å². The van der Waals surface area contributed by atoms with E-state index in [9.17, 15) is 0 Å². The Hall–Kier alpha value is -0.900. The van der Waals surface area contributed by atoms with Crippen LogP contribution in [0.1, 0.15) is 43.7 Å². The van der Waals surface area contributed by atoms with Gasteiger partial charge in [0.15, 0.2) is 5.96 Å². The van der Waals surface area contributed by atoms with Crippen molar-refractivity contribution >= 4 is 29.9 Å². The highest BCUT2D eigenvalue weighted by Gasteiger charge is 2.23. The second-order valence-corrected chi connectivity index (χ2v) is 8.03. The average molecular weight is 530 g/mol. The molecular formula is C23H39IN4O2. The Morgan fingerprint density at radius 1 is 1.17 bits per heavy atom. The zero-order chi connectivity index (χ0) is 20.2. The Balaban J connectivity index is 0.00000320. The van der Waals surface area contributed by atoms with Gasteiger partial charge in [-0.15, -0.1) is 24.0 Å². The summed E-state index contributed by atoms with van der Waals surface area (Å²) in [5.41, 5.74) is 1.37. The highest BCUT2D eigenvalue weighted by atomic mass is 127. The van der Waals surface area contributed by atoms with Crippen molar-refractivity contribution in [1.29, 1.82) is 0 Å². The van der Waals surface area contributed by atoms with E-state index in [0.29, 0.717) is 12.0 Å². The van der Waals surface area contributed by atoms with E-state index in [2.05, 4.69) is 50.9 Å². The number of likely N-dealkylation sites (tertiary alicyclic amines) is 1. The molecule has 1 aromatic carbocycles. The molecule has 30 heavy (non-hydrogen) atoms. The van der Waals surface area contributed by atoms with Gasteiger partial charge in [-0.1, -0.05) is 30.3 Å². The first-order chi connectivity index (χ1) is 14.4. The molecule has 2 aliphatic heterocycles. The van der Waals surface area contributed by atoms with Crippen molar-refractivity contribution in [3.05, 3.63) is 35.9 Å². The van der Waals surface area contributed by atoms with Crippen molar-refractivity contribution in [3.8, 4) is 0 Å². The van der Waals surface area contributed by atoms with Crippen LogP contribution in [0.2, 0.25) is 0 Å².